The van der Waals surface area contributed by atoms with Gasteiger partial charge in [0.1, 0.15) is 16.5 Å². The molecule has 4 rings (SSSR count). The van der Waals surface area contributed by atoms with Crippen molar-refractivity contribution in [1.29, 1.82) is 5.26 Å². The summed E-state index contributed by atoms with van der Waals surface area (Å²) in [6, 6.07) is 11.4. The molecule has 0 spiro atoms. The van der Waals surface area contributed by atoms with Gasteiger partial charge in [-0.1, -0.05) is 24.3 Å². The summed E-state index contributed by atoms with van der Waals surface area (Å²) in [5.41, 5.74) is -1.82. The van der Waals surface area contributed by atoms with Gasteiger partial charge >= 0.3 is 6.18 Å². The Bertz CT molecular complexity index is 1530. The zero-order chi connectivity index (χ0) is 27.3. The molecule has 3 aromatic rings. The standard InChI is InChI=1S/C26H22F4N4O3S/c27-20-3-1-2-4-21(20)34-24(36)22(15-17-5-7-18(8-6-17)26(28,29)30)38-25(34)19(16-31)23(35)32-9-10-33-11-13-37-14-12-33/h1-8,15H,9-14H2,(H,32,35). The topological polar surface area (TPSA) is 87.4 Å². The molecular weight excluding hydrogens is 524 g/mol. The Labute approximate surface area is 218 Å². The monoisotopic (exact) mass is 546 g/mol. The molecule has 12 heteroatoms. The van der Waals surface area contributed by atoms with Gasteiger partial charge in [0.25, 0.3) is 11.5 Å². The zero-order valence-electron chi connectivity index (χ0n) is 19.9. The number of hydrogen-bond donors (Lipinski definition) is 1. The van der Waals surface area contributed by atoms with Crippen LogP contribution in [0.2, 0.25) is 0 Å². The van der Waals surface area contributed by atoms with Crippen LogP contribution in [-0.4, -0.2) is 54.8 Å². The van der Waals surface area contributed by atoms with E-state index in [1.807, 2.05) is 6.07 Å². The number of para-hydroxylation sites is 1. The van der Waals surface area contributed by atoms with Gasteiger partial charge in [0.15, 0.2) is 5.57 Å². The second-order valence-electron chi connectivity index (χ2n) is 8.32. The molecule has 1 saturated heterocycles. The van der Waals surface area contributed by atoms with E-state index in [1.54, 1.807) is 0 Å². The van der Waals surface area contributed by atoms with Crippen molar-refractivity contribution in [3.63, 3.8) is 0 Å². The van der Waals surface area contributed by atoms with Gasteiger partial charge in [0, 0.05) is 26.2 Å². The molecular formula is C26H22F4N4O3S. The minimum absolute atomic E-state index is 0.0110. The Kier molecular flexibility index (Phi) is 8.41. The molecule has 1 aromatic heterocycles. The highest BCUT2D eigenvalue weighted by Crippen LogP contribution is 2.29. The van der Waals surface area contributed by atoms with E-state index in [0.29, 0.717) is 32.8 Å². The lowest BCUT2D eigenvalue weighted by atomic mass is 10.1. The third-order valence-electron chi connectivity index (χ3n) is 5.82. The lowest BCUT2D eigenvalue weighted by molar-refractivity contribution is -0.137. The van der Waals surface area contributed by atoms with Crippen LogP contribution in [0.5, 0.6) is 0 Å². The molecule has 2 heterocycles. The van der Waals surface area contributed by atoms with Crippen molar-refractivity contribution in [2.75, 3.05) is 39.4 Å². The fraction of sp³-hybridized carbons (Fsp3) is 0.269. The number of carbonyl (C=O) groups excluding carboxylic acids is 1. The van der Waals surface area contributed by atoms with Crippen molar-refractivity contribution in [2.24, 2.45) is 0 Å². The van der Waals surface area contributed by atoms with Gasteiger partial charge < -0.3 is 10.1 Å². The van der Waals surface area contributed by atoms with Crippen molar-refractivity contribution in [2.45, 2.75) is 6.18 Å². The van der Waals surface area contributed by atoms with E-state index in [0.717, 1.165) is 34.1 Å². The number of thiazole rings is 1. The maximum atomic E-state index is 14.7. The zero-order valence-corrected chi connectivity index (χ0v) is 20.7. The van der Waals surface area contributed by atoms with Crippen LogP contribution >= 0.6 is 11.3 Å². The molecule has 1 aliphatic heterocycles. The predicted molar refractivity (Wildman–Crippen MR) is 133 cm³/mol. The maximum Gasteiger partial charge on any atom is 0.416 e. The number of carbonyl (C=O) groups is 1. The lowest BCUT2D eigenvalue weighted by Crippen LogP contribution is -2.42. The van der Waals surface area contributed by atoms with Crippen LogP contribution in [0.1, 0.15) is 11.1 Å². The number of morpholine rings is 1. The average molecular weight is 547 g/mol. The SMILES string of the molecule is N#CC(C(=O)NCCN1CCOCC1)=c1sc(=Cc2ccc(C(F)(F)F)cc2)c(=O)n1-c1ccccc1F. The molecule has 0 radical (unpaired) electrons. The van der Waals surface area contributed by atoms with Crippen molar-refractivity contribution in [1.82, 2.24) is 14.8 Å². The van der Waals surface area contributed by atoms with Crippen LogP contribution < -0.4 is 20.1 Å². The first-order valence-electron chi connectivity index (χ1n) is 11.6. The van der Waals surface area contributed by atoms with Gasteiger partial charge in [0.05, 0.1) is 29.0 Å². The Balaban J connectivity index is 1.77. The molecule has 0 saturated carbocycles. The number of halogens is 4. The number of benzene rings is 2. The number of aromatic nitrogens is 1. The third-order valence-corrected chi connectivity index (χ3v) is 6.92. The highest BCUT2D eigenvalue weighted by Gasteiger charge is 2.29. The van der Waals surface area contributed by atoms with E-state index in [-0.39, 0.29) is 32.6 Å². The molecule has 1 aliphatic rings. The summed E-state index contributed by atoms with van der Waals surface area (Å²) in [5.74, 6) is -1.48. The smallest absolute Gasteiger partial charge is 0.379 e. The number of rotatable bonds is 6. The summed E-state index contributed by atoms with van der Waals surface area (Å²) < 4.78 is 59.6. The van der Waals surface area contributed by atoms with Crippen LogP contribution in [-0.2, 0) is 15.7 Å². The normalized spacial score (nSPS) is 15.7. The number of amides is 1. The van der Waals surface area contributed by atoms with E-state index in [2.05, 4.69) is 10.2 Å². The molecule has 38 heavy (non-hydrogen) atoms. The van der Waals surface area contributed by atoms with Crippen LogP contribution in [0, 0.1) is 17.1 Å². The molecule has 1 amide bonds. The van der Waals surface area contributed by atoms with Crippen LogP contribution in [0.15, 0.2) is 53.3 Å². The number of nitriles is 1. The summed E-state index contributed by atoms with van der Waals surface area (Å²) in [6.07, 6.45) is -3.18. The van der Waals surface area contributed by atoms with Crippen LogP contribution in [0.25, 0.3) is 17.3 Å². The van der Waals surface area contributed by atoms with Gasteiger partial charge in [-0.25, -0.2) is 4.39 Å². The minimum atomic E-state index is -4.52. The molecule has 0 unspecified atom stereocenters. The molecule has 198 valence electrons. The first kappa shape index (κ1) is 27.3. The van der Waals surface area contributed by atoms with Gasteiger partial charge in [-0.2, -0.15) is 18.4 Å². The van der Waals surface area contributed by atoms with E-state index < -0.39 is 29.0 Å². The molecule has 1 fully saturated rings. The molecule has 1 N–H and O–H groups in total. The van der Waals surface area contributed by atoms with Crippen molar-refractivity contribution < 1.29 is 27.1 Å². The van der Waals surface area contributed by atoms with E-state index in [4.69, 9.17) is 4.74 Å². The van der Waals surface area contributed by atoms with E-state index >= 15 is 0 Å². The quantitative estimate of drug-likeness (QED) is 0.478. The first-order chi connectivity index (χ1) is 18.2. The molecule has 0 atom stereocenters. The maximum absolute atomic E-state index is 14.7. The summed E-state index contributed by atoms with van der Waals surface area (Å²) in [5, 5.41) is 12.5. The Morgan fingerprint density at radius 3 is 2.45 bits per heavy atom. The number of nitrogens with zero attached hydrogens (tertiary/aromatic N) is 3. The fourth-order valence-corrected chi connectivity index (χ4v) is 4.95. The molecule has 0 bridgehead atoms. The van der Waals surface area contributed by atoms with Gasteiger partial charge in [-0.05, 0) is 35.9 Å². The largest absolute Gasteiger partial charge is 0.416 e. The van der Waals surface area contributed by atoms with Crippen molar-refractivity contribution >= 4 is 28.9 Å². The molecule has 7 nitrogen and oxygen atoms in total. The average Bonchev–Trinajstić information content (AvgIpc) is 3.20. The second-order valence-corrected chi connectivity index (χ2v) is 9.35. The predicted octanol–water partition coefficient (Wildman–Crippen LogP) is 2.01. The second kappa shape index (κ2) is 11.7. The van der Waals surface area contributed by atoms with E-state index in [9.17, 15) is 32.4 Å². The minimum Gasteiger partial charge on any atom is -0.379 e. The number of ether oxygens (including phenoxy) is 1. The highest BCUT2D eigenvalue weighted by atomic mass is 32.1. The summed E-state index contributed by atoms with van der Waals surface area (Å²) in [4.78, 5) is 28.4. The van der Waals surface area contributed by atoms with E-state index in [1.165, 1.54) is 36.4 Å². The van der Waals surface area contributed by atoms with Crippen molar-refractivity contribution in [3.8, 4) is 11.8 Å². The van der Waals surface area contributed by atoms with Crippen LogP contribution in [0.4, 0.5) is 17.6 Å². The Morgan fingerprint density at radius 2 is 1.82 bits per heavy atom. The Morgan fingerprint density at radius 1 is 1.13 bits per heavy atom. The fourth-order valence-electron chi connectivity index (χ4n) is 3.86. The molecule has 2 aromatic carbocycles. The summed E-state index contributed by atoms with van der Waals surface area (Å²) in [7, 11) is 0. The lowest BCUT2D eigenvalue weighted by Gasteiger charge is -2.26. The van der Waals surface area contributed by atoms with Gasteiger partial charge in [-0.3, -0.25) is 19.1 Å². The first-order valence-corrected chi connectivity index (χ1v) is 12.4. The summed E-state index contributed by atoms with van der Waals surface area (Å²) >= 11 is 0.775. The third kappa shape index (κ3) is 6.19. The Hall–Kier alpha value is -3.79. The number of alkyl halides is 3. The highest BCUT2D eigenvalue weighted by molar-refractivity contribution is 7.07. The summed E-state index contributed by atoms with van der Waals surface area (Å²) in [6.45, 7) is 3.38. The van der Waals surface area contributed by atoms with Crippen LogP contribution in [0.3, 0.4) is 0 Å². The number of hydrogen-bond acceptors (Lipinski definition) is 6. The van der Waals surface area contributed by atoms with Gasteiger partial charge in [0.2, 0.25) is 0 Å². The molecule has 0 aliphatic carbocycles. The van der Waals surface area contributed by atoms with Crippen molar-refractivity contribution in [3.05, 3.63) is 85.0 Å². The van der Waals surface area contributed by atoms with Gasteiger partial charge in [-0.15, -0.1) is 11.3 Å². The number of nitrogens with one attached hydrogen (secondary N) is 1.